The van der Waals surface area contributed by atoms with Crippen molar-refractivity contribution in [2.45, 2.75) is 28.5 Å². The zero-order valence-electron chi connectivity index (χ0n) is 10.7. The molecule has 0 aliphatic rings. The number of sulfonamides is 1. The average Bonchev–Trinajstić information content (AvgIpc) is 2.38. The predicted molar refractivity (Wildman–Crippen MR) is 80.5 cm³/mol. The van der Waals surface area contributed by atoms with Crippen molar-refractivity contribution in [1.29, 1.82) is 0 Å². The Bertz CT molecular complexity index is 555. The second-order valence-corrected chi connectivity index (χ2v) is 8.19. The third-order valence-electron chi connectivity index (χ3n) is 2.51. The van der Waals surface area contributed by atoms with Crippen LogP contribution in [0.3, 0.4) is 0 Å². The standard InChI is InChI=1S/C12H14Cl3NO3S/c1-2-3-9-16(11(17)12(13,14)15)20(18,19)10-7-5-4-6-8-10/h4-8H,2-3,9H2,1H3. The van der Waals surface area contributed by atoms with Crippen LogP contribution in [0.4, 0.5) is 0 Å². The van der Waals surface area contributed by atoms with Crippen LogP contribution in [0.1, 0.15) is 19.8 Å². The quantitative estimate of drug-likeness (QED) is 0.758. The summed E-state index contributed by atoms with van der Waals surface area (Å²) in [6, 6.07) is 7.57. The molecule has 0 bridgehead atoms. The first kappa shape index (κ1) is 17.6. The summed E-state index contributed by atoms with van der Waals surface area (Å²) >= 11 is 16.6. The molecule has 20 heavy (non-hydrogen) atoms. The lowest BCUT2D eigenvalue weighted by atomic mass is 10.3. The molecule has 0 atom stereocenters. The third kappa shape index (κ3) is 4.25. The van der Waals surface area contributed by atoms with E-state index < -0.39 is 19.7 Å². The number of halogens is 3. The Labute approximate surface area is 133 Å². The molecule has 1 rings (SSSR count). The molecular weight excluding hydrogens is 345 g/mol. The molecule has 1 amide bonds. The molecule has 0 aliphatic heterocycles. The fourth-order valence-corrected chi connectivity index (χ4v) is 3.43. The predicted octanol–water partition coefficient (Wildman–Crippen LogP) is 3.37. The van der Waals surface area contributed by atoms with Crippen LogP contribution in [0.15, 0.2) is 35.2 Å². The van der Waals surface area contributed by atoms with Gasteiger partial charge in [0.15, 0.2) is 0 Å². The summed E-state index contributed by atoms with van der Waals surface area (Å²) in [4.78, 5) is 12.0. The lowest BCUT2D eigenvalue weighted by Gasteiger charge is -2.25. The molecule has 0 aromatic heterocycles. The van der Waals surface area contributed by atoms with Gasteiger partial charge in [0.2, 0.25) is 0 Å². The van der Waals surface area contributed by atoms with E-state index in [1.54, 1.807) is 18.2 Å². The van der Waals surface area contributed by atoms with Crippen LogP contribution in [0, 0.1) is 0 Å². The molecule has 0 radical (unpaired) electrons. The SMILES string of the molecule is CCCCN(C(=O)C(Cl)(Cl)Cl)S(=O)(=O)c1ccccc1. The molecule has 0 unspecified atom stereocenters. The molecule has 4 nitrogen and oxygen atoms in total. The molecule has 0 heterocycles. The van der Waals surface area contributed by atoms with Crippen LogP contribution in [0.25, 0.3) is 0 Å². The molecule has 0 spiro atoms. The lowest BCUT2D eigenvalue weighted by molar-refractivity contribution is -0.125. The molecule has 0 N–H and O–H groups in total. The first-order valence-electron chi connectivity index (χ1n) is 5.90. The van der Waals surface area contributed by atoms with Crippen molar-refractivity contribution in [1.82, 2.24) is 4.31 Å². The molecule has 8 heteroatoms. The fraction of sp³-hybridized carbons (Fsp3) is 0.417. The number of alkyl halides is 3. The van der Waals surface area contributed by atoms with Crippen molar-refractivity contribution in [3.8, 4) is 0 Å². The topological polar surface area (TPSA) is 54.5 Å². The smallest absolute Gasteiger partial charge is 0.269 e. The molecule has 1 aromatic carbocycles. The van der Waals surface area contributed by atoms with E-state index in [1.165, 1.54) is 12.1 Å². The average molecular weight is 359 g/mol. The number of hydrogen-bond acceptors (Lipinski definition) is 3. The van der Waals surface area contributed by atoms with E-state index in [0.717, 1.165) is 0 Å². The fourth-order valence-electron chi connectivity index (χ4n) is 1.49. The van der Waals surface area contributed by atoms with Crippen LogP contribution in [-0.4, -0.2) is 29.0 Å². The van der Waals surface area contributed by atoms with Gasteiger partial charge in [-0.05, 0) is 18.6 Å². The molecule has 0 saturated heterocycles. The normalized spacial score (nSPS) is 12.2. The minimum absolute atomic E-state index is 0.0151. The Kier molecular flexibility index (Phi) is 6.13. The number of benzene rings is 1. The second-order valence-electron chi connectivity index (χ2n) is 4.05. The number of carbonyl (C=O) groups is 1. The van der Waals surface area contributed by atoms with Crippen LogP contribution in [0.5, 0.6) is 0 Å². The van der Waals surface area contributed by atoms with Gasteiger partial charge in [0.1, 0.15) is 0 Å². The number of nitrogens with zero attached hydrogens (tertiary/aromatic N) is 1. The van der Waals surface area contributed by atoms with Crippen molar-refractivity contribution in [2.24, 2.45) is 0 Å². The van der Waals surface area contributed by atoms with E-state index in [-0.39, 0.29) is 11.4 Å². The van der Waals surface area contributed by atoms with Crippen molar-refractivity contribution >= 4 is 50.7 Å². The lowest BCUT2D eigenvalue weighted by Crippen LogP contribution is -2.43. The molecular formula is C12H14Cl3NO3S. The maximum atomic E-state index is 12.5. The highest BCUT2D eigenvalue weighted by atomic mass is 35.6. The van der Waals surface area contributed by atoms with Gasteiger partial charge >= 0.3 is 0 Å². The van der Waals surface area contributed by atoms with Gasteiger partial charge in [-0.15, -0.1) is 0 Å². The van der Waals surface area contributed by atoms with Gasteiger partial charge in [-0.1, -0.05) is 66.3 Å². The van der Waals surface area contributed by atoms with Gasteiger partial charge in [0.25, 0.3) is 19.7 Å². The summed E-state index contributed by atoms with van der Waals surface area (Å²) in [5.41, 5.74) is 0. The van der Waals surface area contributed by atoms with E-state index >= 15 is 0 Å². The third-order valence-corrected chi connectivity index (χ3v) is 4.80. The zero-order valence-corrected chi connectivity index (χ0v) is 13.8. The highest BCUT2D eigenvalue weighted by molar-refractivity contribution is 7.89. The van der Waals surface area contributed by atoms with E-state index in [2.05, 4.69) is 0 Å². The Morgan fingerprint density at radius 3 is 2.20 bits per heavy atom. The van der Waals surface area contributed by atoms with Crippen LogP contribution in [0.2, 0.25) is 0 Å². The van der Waals surface area contributed by atoms with Crippen LogP contribution in [-0.2, 0) is 14.8 Å². The Hall–Kier alpha value is -0.490. The van der Waals surface area contributed by atoms with Gasteiger partial charge in [-0.25, -0.2) is 12.7 Å². The van der Waals surface area contributed by atoms with Crippen molar-refractivity contribution in [3.05, 3.63) is 30.3 Å². The second kappa shape index (κ2) is 6.98. The van der Waals surface area contributed by atoms with Crippen molar-refractivity contribution in [3.63, 3.8) is 0 Å². The van der Waals surface area contributed by atoms with Gasteiger partial charge in [-0.3, -0.25) is 4.79 Å². The molecule has 112 valence electrons. The van der Waals surface area contributed by atoms with Crippen LogP contribution >= 0.6 is 34.8 Å². The van der Waals surface area contributed by atoms with Crippen LogP contribution < -0.4 is 0 Å². The highest BCUT2D eigenvalue weighted by Crippen LogP contribution is 2.31. The number of unbranched alkanes of at least 4 members (excludes halogenated alkanes) is 1. The minimum atomic E-state index is -4.03. The van der Waals surface area contributed by atoms with Crippen molar-refractivity contribution in [2.75, 3.05) is 6.54 Å². The first-order chi connectivity index (χ1) is 9.21. The Morgan fingerprint density at radius 1 is 1.20 bits per heavy atom. The van der Waals surface area contributed by atoms with Gasteiger partial charge in [0.05, 0.1) is 4.90 Å². The minimum Gasteiger partial charge on any atom is -0.269 e. The highest BCUT2D eigenvalue weighted by Gasteiger charge is 2.40. The van der Waals surface area contributed by atoms with Gasteiger partial charge in [-0.2, -0.15) is 0 Å². The number of rotatable bonds is 5. The van der Waals surface area contributed by atoms with Gasteiger partial charge < -0.3 is 0 Å². The Balaban J connectivity index is 3.20. The summed E-state index contributed by atoms with van der Waals surface area (Å²) in [7, 11) is -4.03. The maximum Gasteiger partial charge on any atom is 0.288 e. The summed E-state index contributed by atoms with van der Waals surface area (Å²) < 4.78 is 23.2. The van der Waals surface area contributed by atoms with Crippen molar-refractivity contribution < 1.29 is 13.2 Å². The summed E-state index contributed by atoms with van der Waals surface area (Å²) in [6.45, 7) is 1.84. The first-order valence-corrected chi connectivity index (χ1v) is 8.47. The Morgan fingerprint density at radius 2 is 1.75 bits per heavy atom. The number of amides is 1. The monoisotopic (exact) mass is 357 g/mol. The van der Waals surface area contributed by atoms with E-state index in [0.29, 0.717) is 17.1 Å². The summed E-state index contributed by atoms with van der Waals surface area (Å²) in [5.74, 6) is -1.07. The van der Waals surface area contributed by atoms with E-state index in [9.17, 15) is 13.2 Å². The number of carbonyl (C=O) groups excluding carboxylic acids is 1. The largest absolute Gasteiger partial charge is 0.288 e. The molecule has 0 aliphatic carbocycles. The maximum absolute atomic E-state index is 12.5. The summed E-state index contributed by atoms with van der Waals surface area (Å²) in [6.07, 6.45) is 1.19. The molecule has 0 fully saturated rings. The molecule has 1 aromatic rings. The number of hydrogen-bond donors (Lipinski definition) is 0. The van der Waals surface area contributed by atoms with E-state index in [1.807, 2.05) is 6.92 Å². The van der Waals surface area contributed by atoms with Gasteiger partial charge in [0, 0.05) is 6.54 Å². The summed E-state index contributed by atoms with van der Waals surface area (Å²) in [5, 5.41) is 0. The molecule has 0 saturated carbocycles. The van der Waals surface area contributed by atoms with E-state index in [4.69, 9.17) is 34.8 Å². The zero-order chi connectivity index (χ0) is 15.4.